The number of rotatable bonds is 4. The summed E-state index contributed by atoms with van der Waals surface area (Å²) in [6.07, 6.45) is 5.36. The molecular formula is C47H64N4O11. The van der Waals surface area contributed by atoms with Gasteiger partial charge in [-0.1, -0.05) is 59.8 Å². The number of esters is 1. The molecule has 0 unspecified atom stereocenters. The first-order chi connectivity index (χ1) is 29.1. The summed E-state index contributed by atoms with van der Waals surface area (Å²) in [5.41, 5.74) is 0.227. The molecule has 1 amide bonds. The summed E-state index contributed by atoms with van der Waals surface area (Å²) < 4.78 is 24.1. The van der Waals surface area contributed by atoms with Crippen molar-refractivity contribution >= 4 is 34.1 Å². The molecule has 4 bridgehead atoms. The van der Waals surface area contributed by atoms with E-state index < -0.39 is 82.8 Å². The number of phenolic OH excluding ortho intramolecular Hbond substituents is 2. The van der Waals surface area contributed by atoms with E-state index >= 15 is 0 Å². The molecule has 4 aliphatic rings. The minimum atomic E-state index is -1.96. The first kappa shape index (κ1) is 46.7. The van der Waals surface area contributed by atoms with Crippen LogP contribution in [0.4, 0.5) is 5.69 Å². The zero-order valence-electron chi connectivity index (χ0n) is 37.8. The average molecular weight is 861 g/mol. The highest BCUT2D eigenvalue weighted by molar-refractivity contribution is 6.21. The number of carbonyl (C=O) groups is 3. The van der Waals surface area contributed by atoms with Crippen molar-refractivity contribution in [1.29, 1.82) is 0 Å². The fourth-order valence-electron chi connectivity index (χ4n) is 9.45. The maximum Gasteiger partial charge on any atom is 0.312 e. The molecule has 338 valence electrons. The van der Waals surface area contributed by atoms with Crippen LogP contribution in [-0.4, -0.2) is 112 Å². The van der Waals surface area contributed by atoms with Crippen molar-refractivity contribution in [3.05, 3.63) is 58.0 Å². The molecule has 2 aromatic rings. The van der Waals surface area contributed by atoms with Gasteiger partial charge in [0.05, 0.1) is 53.3 Å². The van der Waals surface area contributed by atoms with Gasteiger partial charge in [0.1, 0.15) is 28.3 Å². The first-order valence-electron chi connectivity index (χ1n) is 21.7. The number of hydrogen-bond acceptors (Lipinski definition) is 14. The smallest absolute Gasteiger partial charge is 0.312 e. The van der Waals surface area contributed by atoms with E-state index in [4.69, 9.17) is 23.9 Å². The highest BCUT2D eigenvalue weighted by atomic mass is 16.7. The summed E-state index contributed by atoms with van der Waals surface area (Å²) >= 11 is 0. The Labute approximate surface area is 363 Å². The molecule has 62 heavy (non-hydrogen) atoms. The van der Waals surface area contributed by atoms with Crippen molar-refractivity contribution in [3.8, 4) is 17.2 Å². The number of allylic oxidation sites excluding steroid dienone is 2. The lowest BCUT2D eigenvalue weighted by molar-refractivity contribution is -0.160. The molecule has 9 atom stereocenters. The number of phenols is 2. The van der Waals surface area contributed by atoms with Gasteiger partial charge in [-0.3, -0.25) is 19.4 Å². The Kier molecular flexibility index (Phi) is 13.6. The molecule has 4 heterocycles. The molecule has 6 rings (SSSR count). The molecule has 4 aliphatic heterocycles. The van der Waals surface area contributed by atoms with Crippen LogP contribution >= 0.6 is 0 Å². The summed E-state index contributed by atoms with van der Waals surface area (Å²) in [6.45, 7) is 20.1. The number of nitrogens with one attached hydrogen (secondary N) is 1. The lowest BCUT2D eigenvalue weighted by atomic mass is 9.78. The highest BCUT2D eigenvalue weighted by Gasteiger charge is 2.50. The second-order valence-electron chi connectivity index (χ2n) is 18.4. The van der Waals surface area contributed by atoms with Crippen LogP contribution in [-0.2, 0) is 23.8 Å². The van der Waals surface area contributed by atoms with E-state index in [1.54, 1.807) is 65.8 Å². The van der Waals surface area contributed by atoms with E-state index in [1.165, 1.54) is 27.2 Å². The van der Waals surface area contributed by atoms with E-state index in [-0.39, 0.29) is 49.7 Å². The number of aliphatic hydroxyl groups excluding tert-OH is 2. The number of Topliss-reactive ketones (excluding diaryl/α,β-unsaturated/α-hetero) is 1. The number of anilines is 1. The summed E-state index contributed by atoms with van der Waals surface area (Å²) in [7, 11) is 1.47. The van der Waals surface area contributed by atoms with Gasteiger partial charge in [-0.05, 0) is 38.7 Å². The molecule has 0 radical (unpaired) electrons. The maximum atomic E-state index is 14.8. The monoisotopic (exact) mass is 860 g/mol. The number of hydrogen-bond donors (Lipinski definition) is 5. The van der Waals surface area contributed by atoms with Crippen molar-refractivity contribution in [1.82, 2.24) is 4.90 Å². The van der Waals surface area contributed by atoms with Crippen LogP contribution in [0.2, 0.25) is 0 Å². The summed E-state index contributed by atoms with van der Waals surface area (Å²) in [4.78, 5) is 52.9. The van der Waals surface area contributed by atoms with Crippen LogP contribution in [0.1, 0.15) is 91.1 Å². The Balaban J connectivity index is 1.56. The van der Waals surface area contributed by atoms with Gasteiger partial charge in [0, 0.05) is 80.8 Å². The van der Waals surface area contributed by atoms with Gasteiger partial charge in [0.2, 0.25) is 0 Å². The molecular weight excluding hydrogens is 797 g/mol. The Morgan fingerprint density at radius 1 is 0.984 bits per heavy atom. The molecule has 0 saturated carbocycles. The number of ether oxygens (including phenoxy) is 4. The molecule has 0 aliphatic carbocycles. The number of ketones is 1. The van der Waals surface area contributed by atoms with Gasteiger partial charge in [0.25, 0.3) is 11.7 Å². The highest BCUT2D eigenvalue weighted by Crippen LogP contribution is 2.51. The van der Waals surface area contributed by atoms with Crippen LogP contribution in [0.15, 0.2) is 46.1 Å². The van der Waals surface area contributed by atoms with Gasteiger partial charge in [0.15, 0.2) is 5.75 Å². The fourth-order valence-corrected chi connectivity index (χ4v) is 9.45. The Morgan fingerprint density at radius 3 is 2.29 bits per heavy atom. The Morgan fingerprint density at radius 2 is 1.66 bits per heavy atom. The number of amides is 1. The number of methoxy groups -OCH3 is 1. The predicted molar refractivity (Wildman–Crippen MR) is 233 cm³/mol. The third-order valence-electron chi connectivity index (χ3n) is 13.3. The predicted octanol–water partition coefficient (Wildman–Crippen LogP) is 4.79. The van der Waals surface area contributed by atoms with Crippen LogP contribution in [0.25, 0.3) is 10.8 Å². The van der Waals surface area contributed by atoms with Crippen molar-refractivity contribution in [3.63, 3.8) is 0 Å². The van der Waals surface area contributed by atoms with Gasteiger partial charge in [-0.25, -0.2) is 4.99 Å². The van der Waals surface area contributed by atoms with Gasteiger partial charge in [-0.2, -0.15) is 0 Å². The minimum Gasteiger partial charge on any atom is -0.507 e. The second kappa shape index (κ2) is 18.1. The van der Waals surface area contributed by atoms with Crippen LogP contribution in [0.5, 0.6) is 17.2 Å². The molecule has 0 aromatic heterocycles. The molecule has 1 spiro atoms. The van der Waals surface area contributed by atoms with E-state index in [0.717, 1.165) is 32.5 Å². The van der Waals surface area contributed by atoms with Crippen LogP contribution in [0.3, 0.4) is 0 Å². The standard InChI is InChI=1S/C47H64N4O11/c1-23(2)21-51-18-16-47(17-19-51)22-48-36-35(50-47)32-33-40(55)29(8)43-34(32)44(57)46(10,62-43)60-20-15-31(59-11)26(5)42(61-30(9)52)28(7)39(54)27(6)38(53)24(3)13-12-14-25(4)45(58)49-37(36)41(33)56/h12-15,20,23-24,26-28,31,38-39,42,50,53-56H,16-19,21-22H2,1-11H3/b13-12+,20-15+,25-14-,49-37?/t24-,26+,27+,28+,31-,38-,39+,42+,46-/m0/s1. The summed E-state index contributed by atoms with van der Waals surface area (Å²) in [6, 6.07) is 0. The number of aromatic hydroxyl groups is 2. The number of benzene rings is 2. The molecule has 5 N–H and O–H groups in total. The van der Waals surface area contributed by atoms with E-state index in [9.17, 15) is 34.8 Å². The lowest BCUT2D eigenvalue weighted by Gasteiger charge is -2.44. The third-order valence-corrected chi connectivity index (χ3v) is 13.3. The molecule has 1 saturated heterocycles. The number of piperidine rings is 1. The zero-order valence-corrected chi connectivity index (χ0v) is 37.8. The summed E-state index contributed by atoms with van der Waals surface area (Å²) in [5, 5.41) is 50.7. The zero-order chi connectivity index (χ0) is 45.6. The van der Waals surface area contributed by atoms with E-state index in [2.05, 4.69) is 29.1 Å². The fraction of sp³-hybridized carbons (Fsp3) is 0.596. The number of aliphatic hydroxyl groups is 2. The largest absolute Gasteiger partial charge is 0.507 e. The lowest BCUT2D eigenvalue weighted by Crippen LogP contribution is -2.55. The Bertz CT molecular complexity index is 2310. The third kappa shape index (κ3) is 8.73. The van der Waals surface area contributed by atoms with Gasteiger partial charge >= 0.3 is 11.8 Å². The van der Waals surface area contributed by atoms with Crippen LogP contribution < -0.4 is 20.8 Å². The number of likely N-dealkylation sites (tertiary alicyclic amines) is 1. The second-order valence-corrected chi connectivity index (χ2v) is 18.4. The number of nitrogens with zero attached hydrogens (tertiary/aromatic N) is 3. The van der Waals surface area contributed by atoms with Crippen molar-refractivity contribution in [2.24, 2.45) is 39.6 Å². The number of fused-ring (bicyclic) bond motifs is 1. The SMILES string of the molecule is CO[C@H]1/C=C/O[C@@]2(C)Oc3c(C)c(O)c4c(O)c(c5c(c4c3C2=O)NC2(CCN(CC(C)C)CC2)CN=5)=NC(=O)/C(C)=C\C=C\[C@H](C)[C@H](O)[C@@H](C)[C@@H](O)[C@@H](C)[C@H](OC(C)=O)[C@@H]1C. The van der Waals surface area contributed by atoms with Crippen LogP contribution in [0, 0.1) is 36.5 Å². The van der Waals surface area contributed by atoms with Crippen molar-refractivity contribution in [2.75, 3.05) is 38.6 Å². The Hall–Kier alpha value is -4.83. The topological polar surface area (TPSA) is 209 Å². The first-order valence-corrected chi connectivity index (χ1v) is 21.7. The van der Waals surface area contributed by atoms with Crippen molar-refractivity contribution in [2.45, 2.75) is 118 Å². The molecule has 15 heteroatoms. The summed E-state index contributed by atoms with van der Waals surface area (Å²) in [5.74, 6) is -6.54. The van der Waals surface area contributed by atoms with E-state index in [1.807, 2.05) is 0 Å². The van der Waals surface area contributed by atoms with E-state index in [0.29, 0.717) is 18.2 Å². The number of carbonyl (C=O) groups excluding carboxylic acids is 3. The molecule has 2 aromatic carbocycles. The van der Waals surface area contributed by atoms with Gasteiger partial charge in [-0.15, -0.1) is 0 Å². The normalized spacial score (nSPS) is 32.5. The molecule has 15 nitrogen and oxygen atoms in total. The average Bonchev–Trinajstić information content (AvgIpc) is 3.49. The van der Waals surface area contributed by atoms with Gasteiger partial charge < -0.3 is 49.6 Å². The quantitative estimate of drug-likeness (QED) is 0.207. The maximum absolute atomic E-state index is 14.8. The van der Waals surface area contributed by atoms with Crippen molar-refractivity contribution < 1.29 is 53.8 Å². The molecule has 1 fully saturated rings. The minimum absolute atomic E-state index is 0.0578.